The largest absolute Gasteiger partial charge is 0.451 e. The van der Waals surface area contributed by atoms with Crippen molar-refractivity contribution >= 4 is 17.6 Å². The van der Waals surface area contributed by atoms with Crippen LogP contribution in [0.4, 0.5) is 5.69 Å². The summed E-state index contributed by atoms with van der Waals surface area (Å²) in [5, 5.41) is 9.42. The van der Waals surface area contributed by atoms with E-state index in [2.05, 4.69) is 15.5 Å². The van der Waals surface area contributed by atoms with Crippen LogP contribution < -0.4 is 5.32 Å². The second kappa shape index (κ2) is 7.44. The first-order valence-electron chi connectivity index (χ1n) is 7.77. The number of nitrogens with one attached hydrogen (secondary N) is 2. The lowest BCUT2D eigenvalue weighted by Crippen LogP contribution is -2.21. The molecule has 6 heteroatoms. The Morgan fingerprint density at radius 3 is 2.56 bits per heavy atom. The number of H-pyrrole nitrogens is 1. The normalized spacial score (nSPS) is 10.3. The van der Waals surface area contributed by atoms with E-state index in [4.69, 9.17) is 4.74 Å². The van der Waals surface area contributed by atoms with Crippen molar-refractivity contribution in [1.82, 2.24) is 10.2 Å². The Morgan fingerprint density at radius 1 is 1.08 bits per heavy atom. The average Bonchev–Trinajstić information content (AvgIpc) is 3.13. The topological polar surface area (TPSA) is 84.1 Å². The molecule has 0 radical (unpaired) electrons. The van der Waals surface area contributed by atoms with Gasteiger partial charge in [-0.25, -0.2) is 4.79 Å². The molecule has 2 aromatic carbocycles. The Hall–Kier alpha value is -3.41. The van der Waals surface area contributed by atoms with Crippen LogP contribution in [-0.2, 0) is 9.53 Å². The maximum Gasteiger partial charge on any atom is 0.356 e. The van der Waals surface area contributed by atoms with Gasteiger partial charge in [-0.05, 0) is 24.6 Å². The number of aryl methyl sites for hydroxylation is 1. The van der Waals surface area contributed by atoms with Crippen LogP contribution in [0.15, 0.2) is 60.7 Å². The first-order valence-corrected chi connectivity index (χ1v) is 7.77. The van der Waals surface area contributed by atoms with Gasteiger partial charge >= 0.3 is 5.97 Å². The van der Waals surface area contributed by atoms with Crippen LogP contribution >= 0.6 is 0 Å². The Labute approximate surface area is 144 Å². The van der Waals surface area contributed by atoms with Crippen LogP contribution in [0.1, 0.15) is 16.1 Å². The molecule has 0 aliphatic heterocycles. The number of carbonyl (C=O) groups excluding carboxylic acids is 2. The van der Waals surface area contributed by atoms with E-state index >= 15 is 0 Å². The number of aromatic amines is 1. The summed E-state index contributed by atoms with van der Waals surface area (Å²) in [5.74, 6) is -1.03. The monoisotopic (exact) mass is 335 g/mol. The molecule has 0 bridgehead atoms. The van der Waals surface area contributed by atoms with Crippen molar-refractivity contribution in [2.75, 3.05) is 11.9 Å². The third-order valence-electron chi connectivity index (χ3n) is 3.62. The molecule has 0 saturated heterocycles. The van der Waals surface area contributed by atoms with Crippen LogP contribution in [0.25, 0.3) is 11.3 Å². The smallest absolute Gasteiger partial charge is 0.356 e. The molecule has 3 rings (SSSR count). The lowest BCUT2D eigenvalue weighted by atomic mass is 10.1. The van der Waals surface area contributed by atoms with Gasteiger partial charge in [0.2, 0.25) is 0 Å². The minimum Gasteiger partial charge on any atom is -0.451 e. The van der Waals surface area contributed by atoms with Gasteiger partial charge in [0.25, 0.3) is 5.91 Å². The minimum absolute atomic E-state index is 0.197. The summed E-state index contributed by atoms with van der Waals surface area (Å²) in [7, 11) is 0. The molecule has 1 aromatic heterocycles. The van der Waals surface area contributed by atoms with Gasteiger partial charge in [0.15, 0.2) is 6.61 Å². The zero-order valence-corrected chi connectivity index (χ0v) is 13.7. The van der Waals surface area contributed by atoms with E-state index in [1.54, 1.807) is 12.1 Å². The third kappa shape index (κ3) is 4.11. The molecule has 25 heavy (non-hydrogen) atoms. The molecule has 0 aliphatic rings. The van der Waals surface area contributed by atoms with E-state index in [0.29, 0.717) is 11.4 Å². The van der Waals surface area contributed by atoms with Crippen LogP contribution in [0.5, 0.6) is 0 Å². The Kier molecular flexibility index (Phi) is 4.89. The van der Waals surface area contributed by atoms with E-state index in [-0.39, 0.29) is 12.3 Å². The maximum atomic E-state index is 12.0. The number of para-hydroxylation sites is 1. The summed E-state index contributed by atoms with van der Waals surface area (Å²) in [6.07, 6.45) is 0. The number of ether oxygens (including phenoxy) is 1. The number of hydrogen-bond donors (Lipinski definition) is 2. The molecule has 0 spiro atoms. The average molecular weight is 335 g/mol. The highest BCUT2D eigenvalue weighted by molar-refractivity contribution is 5.95. The minimum atomic E-state index is -0.630. The highest BCUT2D eigenvalue weighted by Gasteiger charge is 2.14. The molecule has 0 atom stereocenters. The predicted molar refractivity (Wildman–Crippen MR) is 94.1 cm³/mol. The summed E-state index contributed by atoms with van der Waals surface area (Å²) >= 11 is 0. The van der Waals surface area contributed by atoms with Gasteiger partial charge in [0.1, 0.15) is 5.69 Å². The summed E-state index contributed by atoms with van der Waals surface area (Å²) < 4.78 is 5.03. The zero-order valence-electron chi connectivity index (χ0n) is 13.7. The molecule has 0 fully saturated rings. The summed E-state index contributed by atoms with van der Waals surface area (Å²) in [6.45, 7) is 1.52. The van der Waals surface area contributed by atoms with Crippen LogP contribution in [0.2, 0.25) is 0 Å². The van der Waals surface area contributed by atoms with Gasteiger partial charge in [0, 0.05) is 11.3 Å². The first-order chi connectivity index (χ1) is 12.1. The van der Waals surface area contributed by atoms with Crippen molar-refractivity contribution in [1.29, 1.82) is 0 Å². The SMILES string of the molecule is Cc1ccccc1NC(=O)COC(=O)c1cc(-c2ccccc2)n[nH]1. The fourth-order valence-corrected chi connectivity index (χ4v) is 2.29. The second-order valence-electron chi connectivity index (χ2n) is 5.47. The molecule has 126 valence electrons. The number of anilines is 1. The van der Waals surface area contributed by atoms with Crippen molar-refractivity contribution in [2.45, 2.75) is 6.92 Å². The molecule has 0 aliphatic carbocycles. The second-order valence-corrected chi connectivity index (χ2v) is 5.47. The van der Waals surface area contributed by atoms with E-state index in [0.717, 1.165) is 11.1 Å². The lowest BCUT2D eigenvalue weighted by Gasteiger charge is -2.08. The summed E-state index contributed by atoms with van der Waals surface area (Å²) in [5.41, 5.74) is 3.34. The molecule has 1 amide bonds. The van der Waals surface area contributed by atoms with Gasteiger partial charge in [0.05, 0.1) is 5.69 Å². The molecule has 3 aromatic rings. The van der Waals surface area contributed by atoms with Crippen molar-refractivity contribution in [3.63, 3.8) is 0 Å². The molecule has 1 heterocycles. The van der Waals surface area contributed by atoms with E-state index in [1.807, 2.05) is 55.5 Å². The fraction of sp³-hybridized carbons (Fsp3) is 0.105. The number of hydrogen-bond acceptors (Lipinski definition) is 4. The number of carbonyl (C=O) groups is 2. The predicted octanol–water partition coefficient (Wildman–Crippen LogP) is 3.18. The summed E-state index contributed by atoms with van der Waals surface area (Å²) in [4.78, 5) is 24.0. The number of esters is 1. The number of amides is 1. The highest BCUT2D eigenvalue weighted by Crippen LogP contribution is 2.17. The van der Waals surface area contributed by atoms with Gasteiger partial charge in [-0.1, -0.05) is 48.5 Å². The van der Waals surface area contributed by atoms with E-state index in [9.17, 15) is 9.59 Å². The lowest BCUT2D eigenvalue weighted by molar-refractivity contribution is -0.119. The number of aromatic nitrogens is 2. The molecular formula is C19H17N3O3. The molecule has 0 saturated carbocycles. The van der Waals surface area contributed by atoms with Crippen molar-refractivity contribution in [3.8, 4) is 11.3 Å². The van der Waals surface area contributed by atoms with E-state index < -0.39 is 11.9 Å². The molecule has 0 unspecified atom stereocenters. The number of nitrogens with zero attached hydrogens (tertiary/aromatic N) is 1. The Bertz CT molecular complexity index is 888. The van der Waals surface area contributed by atoms with E-state index in [1.165, 1.54) is 0 Å². The van der Waals surface area contributed by atoms with Crippen molar-refractivity contribution < 1.29 is 14.3 Å². The zero-order chi connectivity index (χ0) is 17.6. The number of rotatable bonds is 5. The van der Waals surface area contributed by atoms with Gasteiger partial charge in [-0.15, -0.1) is 0 Å². The Morgan fingerprint density at radius 2 is 1.80 bits per heavy atom. The van der Waals surface area contributed by atoms with Crippen molar-refractivity contribution in [2.24, 2.45) is 0 Å². The summed E-state index contributed by atoms with van der Waals surface area (Å²) in [6, 6.07) is 18.4. The number of benzene rings is 2. The van der Waals surface area contributed by atoms with Gasteiger partial charge in [-0.2, -0.15) is 5.10 Å². The van der Waals surface area contributed by atoms with Crippen LogP contribution in [0.3, 0.4) is 0 Å². The fourth-order valence-electron chi connectivity index (χ4n) is 2.29. The quantitative estimate of drug-likeness (QED) is 0.701. The Balaban J connectivity index is 1.57. The highest BCUT2D eigenvalue weighted by atomic mass is 16.5. The maximum absolute atomic E-state index is 12.0. The molecule has 2 N–H and O–H groups in total. The molecular weight excluding hydrogens is 318 g/mol. The van der Waals surface area contributed by atoms with Gasteiger partial charge < -0.3 is 10.1 Å². The first kappa shape index (κ1) is 16.4. The van der Waals surface area contributed by atoms with Gasteiger partial charge in [-0.3, -0.25) is 9.89 Å². The van der Waals surface area contributed by atoms with Crippen molar-refractivity contribution in [3.05, 3.63) is 71.9 Å². The standard InChI is InChI=1S/C19H17N3O3/c1-13-7-5-6-10-15(13)20-18(23)12-25-19(24)17-11-16(21-22-17)14-8-3-2-4-9-14/h2-11H,12H2,1H3,(H,20,23)(H,21,22). The van der Waals surface area contributed by atoms with Crippen LogP contribution in [0, 0.1) is 6.92 Å². The third-order valence-corrected chi connectivity index (χ3v) is 3.62. The van der Waals surface area contributed by atoms with Crippen LogP contribution in [-0.4, -0.2) is 28.7 Å². The molecule has 6 nitrogen and oxygen atoms in total.